The molecule has 0 bridgehead atoms. The second-order valence-electron chi connectivity index (χ2n) is 5.32. The van der Waals surface area contributed by atoms with Gasteiger partial charge in [-0.15, -0.1) is 11.8 Å². The number of aryl methyl sites for hydroxylation is 1. The van der Waals surface area contributed by atoms with Gasteiger partial charge < -0.3 is 14.5 Å². The van der Waals surface area contributed by atoms with E-state index in [1.54, 1.807) is 11.8 Å². The average molecular weight is 348 g/mol. The number of carbonyl (C=O) groups excluding carboxylic acids is 1. The Morgan fingerprint density at radius 2 is 2.04 bits per heavy atom. The van der Waals surface area contributed by atoms with Crippen LogP contribution < -0.4 is 10.1 Å². The van der Waals surface area contributed by atoms with Crippen molar-refractivity contribution >= 4 is 17.7 Å². The molecule has 5 nitrogen and oxygen atoms in total. The Bertz CT molecular complexity index is 653. The summed E-state index contributed by atoms with van der Waals surface area (Å²) >= 11 is 1.54. The van der Waals surface area contributed by atoms with Crippen molar-refractivity contribution in [1.82, 2.24) is 10.3 Å². The van der Waals surface area contributed by atoms with Crippen LogP contribution in [0.5, 0.6) is 5.75 Å². The molecule has 0 radical (unpaired) electrons. The second-order valence-corrected chi connectivity index (χ2v) is 6.31. The molecular formula is C18H24N2O3S. The Labute approximate surface area is 147 Å². The third-order valence-corrected chi connectivity index (χ3v) is 4.29. The Hall–Kier alpha value is -1.95. The molecule has 0 unspecified atom stereocenters. The Kier molecular flexibility index (Phi) is 7.18. The predicted octanol–water partition coefficient (Wildman–Crippen LogP) is 3.81. The van der Waals surface area contributed by atoms with Gasteiger partial charge in [0.2, 0.25) is 11.8 Å². The Morgan fingerprint density at radius 3 is 2.71 bits per heavy atom. The van der Waals surface area contributed by atoms with Crippen LogP contribution in [0.1, 0.15) is 31.7 Å². The molecule has 24 heavy (non-hydrogen) atoms. The van der Waals surface area contributed by atoms with E-state index in [4.69, 9.17) is 9.15 Å². The third kappa shape index (κ3) is 5.30. The first kappa shape index (κ1) is 18.4. The molecule has 0 spiro atoms. The van der Waals surface area contributed by atoms with E-state index in [9.17, 15) is 4.79 Å². The minimum atomic E-state index is 0.0646. The summed E-state index contributed by atoms with van der Waals surface area (Å²) in [4.78, 5) is 16.2. The molecule has 1 aromatic carbocycles. The van der Waals surface area contributed by atoms with Gasteiger partial charge in [-0.2, -0.15) is 0 Å². The highest BCUT2D eigenvalue weighted by Crippen LogP contribution is 2.25. The van der Waals surface area contributed by atoms with Crippen LogP contribution >= 0.6 is 11.8 Å². The molecule has 6 heteroatoms. The van der Waals surface area contributed by atoms with Gasteiger partial charge in [-0.3, -0.25) is 4.79 Å². The highest BCUT2D eigenvalue weighted by molar-refractivity contribution is 7.99. The molecule has 0 fully saturated rings. The van der Waals surface area contributed by atoms with Gasteiger partial charge in [0, 0.05) is 17.9 Å². The number of amides is 1. The highest BCUT2D eigenvalue weighted by Gasteiger charge is 2.12. The van der Waals surface area contributed by atoms with E-state index in [1.807, 2.05) is 45.0 Å². The lowest BCUT2D eigenvalue weighted by Gasteiger charge is -2.02. The van der Waals surface area contributed by atoms with Crippen LogP contribution in [0.2, 0.25) is 0 Å². The maximum Gasteiger partial charge on any atom is 0.230 e. The molecule has 1 amide bonds. The fraction of sp³-hybridized carbons (Fsp3) is 0.444. The normalized spacial score (nSPS) is 10.6. The van der Waals surface area contributed by atoms with Crippen LogP contribution in [0.15, 0.2) is 28.7 Å². The molecular weight excluding hydrogens is 324 g/mol. The number of aromatic nitrogens is 1. The van der Waals surface area contributed by atoms with E-state index in [2.05, 4.69) is 10.3 Å². The predicted molar refractivity (Wildman–Crippen MR) is 97.3 cm³/mol. The molecule has 2 rings (SSSR count). The summed E-state index contributed by atoms with van der Waals surface area (Å²) in [6.07, 6.45) is 0.949. The molecule has 0 saturated heterocycles. The summed E-state index contributed by atoms with van der Waals surface area (Å²) in [5.41, 5.74) is 1.80. The smallest absolute Gasteiger partial charge is 0.230 e. The summed E-state index contributed by atoms with van der Waals surface area (Å²) in [6.45, 7) is 7.26. The molecule has 0 aliphatic rings. The zero-order valence-electron chi connectivity index (χ0n) is 14.4. The molecule has 0 aliphatic carbocycles. The van der Waals surface area contributed by atoms with E-state index in [-0.39, 0.29) is 5.91 Å². The molecule has 1 aromatic heterocycles. The fourth-order valence-corrected chi connectivity index (χ4v) is 2.95. The summed E-state index contributed by atoms with van der Waals surface area (Å²) in [6, 6.07) is 7.69. The minimum Gasteiger partial charge on any atom is -0.494 e. The maximum atomic E-state index is 11.6. The first-order chi connectivity index (χ1) is 11.6. The van der Waals surface area contributed by atoms with Gasteiger partial charge in [-0.1, -0.05) is 6.92 Å². The SMILES string of the molecule is CCCNC(=O)CSCc1nc(-c2ccc(OCC)cc2)oc1C. The molecule has 1 heterocycles. The second kappa shape index (κ2) is 9.37. The van der Waals surface area contributed by atoms with Crippen LogP contribution in [-0.4, -0.2) is 29.8 Å². The topological polar surface area (TPSA) is 64.4 Å². The first-order valence-electron chi connectivity index (χ1n) is 8.18. The highest BCUT2D eigenvalue weighted by atomic mass is 32.2. The number of hydrogen-bond acceptors (Lipinski definition) is 5. The molecule has 2 aromatic rings. The molecule has 0 saturated carbocycles. The number of oxazole rings is 1. The summed E-state index contributed by atoms with van der Waals surface area (Å²) in [7, 11) is 0. The van der Waals surface area contributed by atoms with Gasteiger partial charge in [0.05, 0.1) is 18.1 Å². The van der Waals surface area contributed by atoms with E-state index >= 15 is 0 Å². The lowest BCUT2D eigenvalue weighted by atomic mass is 10.2. The standard InChI is InChI=1S/C18H24N2O3S/c1-4-10-19-17(21)12-24-11-16-13(3)23-18(20-16)14-6-8-15(9-7-14)22-5-2/h6-9H,4-5,10-12H2,1-3H3,(H,19,21). The van der Waals surface area contributed by atoms with Crippen LogP contribution in [0.25, 0.3) is 11.5 Å². The van der Waals surface area contributed by atoms with Crippen molar-refractivity contribution < 1.29 is 13.9 Å². The van der Waals surface area contributed by atoms with E-state index < -0.39 is 0 Å². The largest absolute Gasteiger partial charge is 0.494 e. The zero-order chi connectivity index (χ0) is 17.4. The van der Waals surface area contributed by atoms with Crippen molar-refractivity contribution in [3.63, 3.8) is 0 Å². The summed E-state index contributed by atoms with van der Waals surface area (Å²) < 4.78 is 11.2. The number of benzene rings is 1. The van der Waals surface area contributed by atoms with E-state index in [0.717, 1.165) is 35.7 Å². The maximum absolute atomic E-state index is 11.6. The van der Waals surface area contributed by atoms with Gasteiger partial charge in [-0.25, -0.2) is 4.98 Å². The van der Waals surface area contributed by atoms with Crippen molar-refractivity contribution in [2.75, 3.05) is 18.9 Å². The van der Waals surface area contributed by atoms with Crippen molar-refractivity contribution in [2.45, 2.75) is 32.9 Å². The molecule has 1 N–H and O–H groups in total. The van der Waals surface area contributed by atoms with Crippen LogP contribution in [0, 0.1) is 6.92 Å². The van der Waals surface area contributed by atoms with Gasteiger partial charge in [0.25, 0.3) is 0 Å². The summed E-state index contributed by atoms with van der Waals surface area (Å²) in [5, 5.41) is 2.86. The number of nitrogens with zero attached hydrogens (tertiary/aromatic N) is 1. The van der Waals surface area contributed by atoms with Gasteiger partial charge in [0.15, 0.2) is 0 Å². The van der Waals surface area contributed by atoms with Crippen molar-refractivity contribution in [3.8, 4) is 17.2 Å². The molecule has 0 atom stereocenters. The van der Waals surface area contributed by atoms with Gasteiger partial charge >= 0.3 is 0 Å². The van der Waals surface area contributed by atoms with E-state index in [1.165, 1.54) is 0 Å². The Balaban J connectivity index is 1.93. The van der Waals surface area contributed by atoms with Gasteiger partial charge in [-0.05, 0) is 44.5 Å². The number of carbonyl (C=O) groups is 1. The third-order valence-electron chi connectivity index (χ3n) is 3.35. The lowest BCUT2D eigenvalue weighted by Crippen LogP contribution is -2.25. The quantitative estimate of drug-likeness (QED) is 0.746. The van der Waals surface area contributed by atoms with Crippen LogP contribution in [-0.2, 0) is 10.5 Å². The number of rotatable bonds is 9. The van der Waals surface area contributed by atoms with Crippen molar-refractivity contribution in [3.05, 3.63) is 35.7 Å². The molecule has 0 aliphatic heterocycles. The first-order valence-corrected chi connectivity index (χ1v) is 9.33. The van der Waals surface area contributed by atoms with E-state index in [0.29, 0.717) is 24.0 Å². The Morgan fingerprint density at radius 1 is 1.29 bits per heavy atom. The minimum absolute atomic E-state index is 0.0646. The lowest BCUT2D eigenvalue weighted by molar-refractivity contribution is -0.118. The average Bonchev–Trinajstić information content (AvgIpc) is 2.95. The van der Waals surface area contributed by atoms with Gasteiger partial charge in [0.1, 0.15) is 11.5 Å². The monoisotopic (exact) mass is 348 g/mol. The number of hydrogen-bond donors (Lipinski definition) is 1. The van der Waals surface area contributed by atoms with Crippen LogP contribution in [0.4, 0.5) is 0 Å². The number of thioether (sulfide) groups is 1. The number of ether oxygens (including phenoxy) is 1. The summed E-state index contributed by atoms with van der Waals surface area (Å²) in [5.74, 6) is 3.38. The molecule has 130 valence electrons. The van der Waals surface area contributed by atoms with Crippen molar-refractivity contribution in [1.29, 1.82) is 0 Å². The fourth-order valence-electron chi connectivity index (χ4n) is 2.10. The zero-order valence-corrected chi connectivity index (χ0v) is 15.2. The van der Waals surface area contributed by atoms with Crippen LogP contribution in [0.3, 0.4) is 0 Å². The van der Waals surface area contributed by atoms with Crippen molar-refractivity contribution in [2.24, 2.45) is 0 Å². The number of nitrogens with one attached hydrogen (secondary N) is 1.